The highest BCUT2D eigenvalue weighted by atomic mass is 19.4. The monoisotopic (exact) mass is 279 g/mol. The molecule has 0 aliphatic rings. The molecule has 0 aliphatic carbocycles. The zero-order chi connectivity index (χ0) is 14.5. The molecule has 0 saturated heterocycles. The van der Waals surface area contributed by atoms with Crippen LogP contribution in [0.3, 0.4) is 0 Å². The van der Waals surface area contributed by atoms with E-state index in [0.717, 1.165) is 6.42 Å². The Bertz CT molecular complexity index is 406. The fraction of sp³-hybridized carbons (Fsp3) is 0.538. The van der Waals surface area contributed by atoms with Gasteiger partial charge in [0.15, 0.2) is 6.61 Å². The SMILES string of the molecule is CCC(C)NCc1c(F)cccc1OCC(F)(F)F. The molecule has 1 rings (SSSR count). The third-order valence-corrected chi connectivity index (χ3v) is 2.71. The Morgan fingerprint density at radius 2 is 2.00 bits per heavy atom. The van der Waals surface area contributed by atoms with Crippen molar-refractivity contribution in [1.82, 2.24) is 5.32 Å². The van der Waals surface area contributed by atoms with Gasteiger partial charge in [-0.3, -0.25) is 0 Å². The largest absolute Gasteiger partial charge is 0.484 e. The highest BCUT2D eigenvalue weighted by molar-refractivity contribution is 5.34. The summed E-state index contributed by atoms with van der Waals surface area (Å²) < 4.78 is 54.6. The van der Waals surface area contributed by atoms with Gasteiger partial charge >= 0.3 is 6.18 Å². The maximum Gasteiger partial charge on any atom is 0.422 e. The minimum atomic E-state index is -4.44. The summed E-state index contributed by atoms with van der Waals surface area (Å²) in [6, 6.07) is 4.01. The van der Waals surface area contributed by atoms with E-state index in [0.29, 0.717) is 0 Å². The maximum absolute atomic E-state index is 13.6. The molecule has 19 heavy (non-hydrogen) atoms. The molecule has 0 spiro atoms. The van der Waals surface area contributed by atoms with E-state index in [9.17, 15) is 17.6 Å². The van der Waals surface area contributed by atoms with Crippen molar-refractivity contribution < 1.29 is 22.3 Å². The number of hydrogen-bond donors (Lipinski definition) is 1. The van der Waals surface area contributed by atoms with Crippen LogP contribution in [-0.4, -0.2) is 18.8 Å². The molecule has 0 heterocycles. The Morgan fingerprint density at radius 3 is 2.58 bits per heavy atom. The van der Waals surface area contributed by atoms with Crippen LogP contribution in [0.25, 0.3) is 0 Å². The zero-order valence-corrected chi connectivity index (χ0v) is 10.9. The molecule has 0 radical (unpaired) electrons. The van der Waals surface area contributed by atoms with Gasteiger partial charge in [-0.15, -0.1) is 0 Å². The van der Waals surface area contributed by atoms with Crippen molar-refractivity contribution >= 4 is 0 Å². The summed E-state index contributed by atoms with van der Waals surface area (Å²) in [5, 5.41) is 3.03. The number of halogens is 4. The van der Waals surface area contributed by atoms with Crippen LogP contribution in [-0.2, 0) is 6.54 Å². The first-order valence-electron chi connectivity index (χ1n) is 6.03. The van der Waals surface area contributed by atoms with Crippen molar-refractivity contribution in [3.8, 4) is 5.75 Å². The molecule has 1 aromatic rings. The normalized spacial score (nSPS) is 13.4. The smallest absolute Gasteiger partial charge is 0.422 e. The first-order chi connectivity index (χ1) is 8.83. The highest BCUT2D eigenvalue weighted by Crippen LogP contribution is 2.24. The molecule has 1 unspecified atom stereocenters. The van der Waals surface area contributed by atoms with Crippen LogP contribution in [0.5, 0.6) is 5.75 Å². The molecule has 0 bridgehead atoms. The molecule has 0 aromatic heterocycles. The molecule has 0 aliphatic heterocycles. The number of benzene rings is 1. The van der Waals surface area contributed by atoms with Crippen LogP contribution in [0, 0.1) is 5.82 Å². The molecule has 1 atom stereocenters. The van der Waals surface area contributed by atoms with Gasteiger partial charge in [0.25, 0.3) is 0 Å². The fourth-order valence-corrected chi connectivity index (χ4v) is 1.43. The van der Waals surface area contributed by atoms with E-state index in [-0.39, 0.29) is 23.9 Å². The van der Waals surface area contributed by atoms with E-state index in [1.165, 1.54) is 18.2 Å². The lowest BCUT2D eigenvalue weighted by Crippen LogP contribution is -2.26. The van der Waals surface area contributed by atoms with Crippen LogP contribution in [0.1, 0.15) is 25.8 Å². The number of alkyl halides is 3. The van der Waals surface area contributed by atoms with E-state index in [2.05, 4.69) is 10.1 Å². The van der Waals surface area contributed by atoms with E-state index < -0.39 is 18.6 Å². The Labute approximate surface area is 109 Å². The van der Waals surface area contributed by atoms with Gasteiger partial charge in [-0.25, -0.2) is 4.39 Å². The summed E-state index contributed by atoms with van der Waals surface area (Å²) in [5.41, 5.74) is 0.118. The van der Waals surface area contributed by atoms with Crippen molar-refractivity contribution in [2.24, 2.45) is 0 Å². The Balaban J connectivity index is 2.77. The predicted molar refractivity (Wildman–Crippen MR) is 64.5 cm³/mol. The van der Waals surface area contributed by atoms with Crippen LogP contribution >= 0.6 is 0 Å². The molecule has 1 N–H and O–H groups in total. The van der Waals surface area contributed by atoms with Crippen LogP contribution < -0.4 is 10.1 Å². The maximum atomic E-state index is 13.6. The molecule has 2 nitrogen and oxygen atoms in total. The predicted octanol–water partition coefficient (Wildman–Crippen LogP) is 3.65. The van der Waals surface area contributed by atoms with Gasteiger partial charge in [0, 0.05) is 18.2 Å². The number of nitrogens with one attached hydrogen (secondary N) is 1. The zero-order valence-electron chi connectivity index (χ0n) is 10.9. The third-order valence-electron chi connectivity index (χ3n) is 2.71. The van der Waals surface area contributed by atoms with Gasteiger partial charge in [0.05, 0.1) is 0 Å². The van der Waals surface area contributed by atoms with Gasteiger partial charge in [-0.1, -0.05) is 13.0 Å². The quantitative estimate of drug-likeness (QED) is 0.802. The summed E-state index contributed by atoms with van der Waals surface area (Å²) in [6.07, 6.45) is -3.60. The van der Waals surface area contributed by atoms with E-state index in [1.54, 1.807) is 0 Å². The first kappa shape index (κ1) is 15.8. The number of ether oxygens (including phenoxy) is 1. The topological polar surface area (TPSA) is 21.3 Å². The molecular formula is C13H17F4NO. The molecule has 108 valence electrons. The molecule has 0 saturated carbocycles. The Hall–Kier alpha value is -1.30. The second-order valence-corrected chi connectivity index (χ2v) is 4.31. The molecular weight excluding hydrogens is 262 g/mol. The molecule has 6 heteroatoms. The van der Waals surface area contributed by atoms with Gasteiger partial charge in [-0.2, -0.15) is 13.2 Å². The van der Waals surface area contributed by atoms with Gasteiger partial charge in [-0.05, 0) is 25.5 Å². The Kier molecular flexibility index (Phi) is 5.60. The van der Waals surface area contributed by atoms with E-state index in [1.807, 2.05) is 13.8 Å². The van der Waals surface area contributed by atoms with E-state index in [4.69, 9.17) is 0 Å². The molecule has 1 aromatic carbocycles. The van der Waals surface area contributed by atoms with Crippen molar-refractivity contribution in [3.63, 3.8) is 0 Å². The third kappa shape index (κ3) is 5.46. The Morgan fingerprint density at radius 1 is 1.32 bits per heavy atom. The van der Waals surface area contributed by atoms with Crippen molar-refractivity contribution in [2.45, 2.75) is 39.0 Å². The minimum absolute atomic E-state index is 0.0758. The van der Waals surface area contributed by atoms with Crippen molar-refractivity contribution in [3.05, 3.63) is 29.6 Å². The van der Waals surface area contributed by atoms with Gasteiger partial charge in [0.1, 0.15) is 11.6 Å². The minimum Gasteiger partial charge on any atom is -0.484 e. The average molecular weight is 279 g/mol. The molecule has 0 amide bonds. The highest BCUT2D eigenvalue weighted by Gasteiger charge is 2.29. The second kappa shape index (κ2) is 6.75. The summed E-state index contributed by atoms with van der Waals surface area (Å²) in [5.74, 6) is -0.649. The fourth-order valence-electron chi connectivity index (χ4n) is 1.43. The van der Waals surface area contributed by atoms with E-state index >= 15 is 0 Å². The van der Waals surface area contributed by atoms with Crippen molar-refractivity contribution in [2.75, 3.05) is 6.61 Å². The average Bonchev–Trinajstić information content (AvgIpc) is 2.33. The summed E-state index contributed by atoms with van der Waals surface area (Å²) in [6.45, 7) is 2.58. The number of hydrogen-bond acceptors (Lipinski definition) is 2. The van der Waals surface area contributed by atoms with Gasteiger partial charge < -0.3 is 10.1 Å². The summed E-state index contributed by atoms with van der Waals surface area (Å²) >= 11 is 0. The summed E-state index contributed by atoms with van der Waals surface area (Å²) in [7, 11) is 0. The second-order valence-electron chi connectivity index (χ2n) is 4.31. The first-order valence-corrected chi connectivity index (χ1v) is 6.03. The van der Waals surface area contributed by atoms with Crippen LogP contribution in [0.4, 0.5) is 17.6 Å². The number of rotatable bonds is 6. The summed E-state index contributed by atoms with van der Waals surface area (Å²) in [4.78, 5) is 0. The van der Waals surface area contributed by atoms with Crippen molar-refractivity contribution in [1.29, 1.82) is 0 Å². The lowest BCUT2D eigenvalue weighted by atomic mass is 10.1. The van der Waals surface area contributed by atoms with Crippen LogP contribution in [0.15, 0.2) is 18.2 Å². The standard InChI is InChI=1S/C13H17F4NO/c1-3-9(2)18-7-10-11(14)5-4-6-12(10)19-8-13(15,16)17/h4-6,9,18H,3,7-8H2,1-2H3. The lowest BCUT2D eigenvalue weighted by Gasteiger charge is -2.16. The lowest BCUT2D eigenvalue weighted by molar-refractivity contribution is -0.153. The molecule has 0 fully saturated rings. The van der Waals surface area contributed by atoms with Crippen LogP contribution in [0.2, 0.25) is 0 Å². The van der Waals surface area contributed by atoms with Gasteiger partial charge in [0.2, 0.25) is 0 Å².